The highest BCUT2D eigenvalue weighted by atomic mass is 16.1. The average Bonchev–Trinajstić information content (AvgIpc) is 2.97. The molecule has 0 spiro atoms. The molecule has 1 saturated heterocycles. The Morgan fingerprint density at radius 2 is 2.14 bits per heavy atom. The molecule has 1 aromatic rings. The molecule has 1 aliphatic rings. The van der Waals surface area contributed by atoms with E-state index in [1.54, 1.807) is 0 Å². The van der Waals surface area contributed by atoms with E-state index in [0.717, 1.165) is 26.2 Å². The predicted molar refractivity (Wildman–Crippen MR) is 85.9 cm³/mol. The number of carbonyl (C=O) groups is 1. The Labute approximate surface area is 127 Å². The highest BCUT2D eigenvalue weighted by Gasteiger charge is 2.29. The van der Waals surface area contributed by atoms with Crippen molar-refractivity contribution in [1.29, 1.82) is 0 Å². The average molecular weight is 289 g/mol. The summed E-state index contributed by atoms with van der Waals surface area (Å²) >= 11 is 0. The molecule has 4 nitrogen and oxygen atoms in total. The van der Waals surface area contributed by atoms with Crippen molar-refractivity contribution in [3.63, 3.8) is 0 Å². The van der Waals surface area contributed by atoms with Crippen molar-refractivity contribution in [2.75, 3.05) is 26.2 Å². The van der Waals surface area contributed by atoms with E-state index < -0.39 is 0 Å². The largest absolute Gasteiger partial charge is 0.370 e. The lowest BCUT2D eigenvalue weighted by Gasteiger charge is -2.29. The van der Waals surface area contributed by atoms with E-state index in [9.17, 15) is 4.79 Å². The van der Waals surface area contributed by atoms with Gasteiger partial charge in [-0.3, -0.25) is 14.6 Å². The molecule has 4 heteroatoms. The van der Waals surface area contributed by atoms with Crippen molar-refractivity contribution in [2.45, 2.75) is 38.8 Å². The van der Waals surface area contributed by atoms with Crippen molar-refractivity contribution in [3.8, 4) is 0 Å². The molecule has 1 amide bonds. The van der Waals surface area contributed by atoms with Crippen molar-refractivity contribution >= 4 is 5.91 Å². The van der Waals surface area contributed by atoms with Gasteiger partial charge in [0.15, 0.2) is 0 Å². The lowest BCUT2D eigenvalue weighted by molar-refractivity contribution is -0.118. The number of hydrogen-bond donors (Lipinski definition) is 1. The molecule has 0 radical (unpaired) electrons. The minimum atomic E-state index is -0.207. The number of rotatable bonds is 7. The van der Waals surface area contributed by atoms with Crippen LogP contribution in [0.25, 0.3) is 0 Å². The van der Waals surface area contributed by atoms with Crippen molar-refractivity contribution in [2.24, 2.45) is 5.73 Å². The highest BCUT2D eigenvalue weighted by molar-refractivity contribution is 5.73. The summed E-state index contributed by atoms with van der Waals surface area (Å²) in [6, 6.07) is 11.7. The number of nitrogens with zero attached hydrogens (tertiary/aromatic N) is 2. The Morgan fingerprint density at radius 1 is 1.43 bits per heavy atom. The highest BCUT2D eigenvalue weighted by Crippen LogP contribution is 2.26. The fourth-order valence-corrected chi connectivity index (χ4v) is 3.21. The second-order valence-corrected chi connectivity index (χ2v) is 5.87. The molecular weight excluding hydrogens is 262 g/mol. The zero-order chi connectivity index (χ0) is 15.2. The summed E-state index contributed by atoms with van der Waals surface area (Å²) in [6.45, 7) is 8.38. The predicted octanol–water partition coefficient (Wildman–Crippen LogP) is 2.02. The molecular formula is C17H27N3O. The van der Waals surface area contributed by atoms with Crippen molar-refractivity contribution < 1.29 is 4.79 Å². The van der Waals surface area contributed by atoms with Gasteiger partial charge in [0.2, 0.25) is 5.91 Å². The van der Waals surface area contributed by atoms with Gasteiger partial charge in [-0.1, -0.05) is 37.3 Å². The Morgan fingerprint density at radius 3 is 2.76 bits per heavy atom. The van der Waals surface area contributed by atoms with E-state index in [0.29, 0.717) is 18.5 Å². The summed E-state index contributed by atoms with van der Waals surface area (Å²) in [5.41, 5.74) is 6.64. The van der Waals surface area contributed by atoms with Crippen LogP contribution in [0.3, 0.4) is 0 Å². The first-order valence-electron chi connectivity index (χ1n) is 7.93. The van der Waals surface area contributed by atoms with Crippen LogP contribution in [0.1, 0.15) is 38.3 Å². The summed E-state index contributed by atoms with van der Waals surface area (Å²) in [7, 11) is 0. The Bertz CT molecular complexity index is 449. The lowest BCUT2D eigenvalue weighted by Crippen LogP contribution is -2.39. The monoisotopic (exact) mass is 289 g/mol. The van der Waals surface area contributed by atoms with Gasteiger partial charge >= 0.3 is 0 Å². The quantitative estimate of drug-likeness (QED) is 0.835. The van der Waals surface area contributed by atoms with E-state index >= 15 is 0 Å². The normalized spacial score (nSPS) is 20.8. The molecule has 116 valence electrons. The zero-order valence-corrected chi connectivity index (χ0v) is 13.2. The maximum atomic E-state index is 11.0. The number of likely N-dealkylation sites (tertiary alicyclic amines) is 1. The van der Waals surface area contributed by atoms with Gasteiger partial charge in [-0.05, 0) is 25.5 Å². The molecule has 1 fully saturated rings. The molecule has 1 heterocycles. The third-order valence-electron chi connectivity index (χ3n) is 4.59. The molecule has 1 aliphatic heterocycles. The first-order chi connectivity index (χ1) is 10.1. The van der Waals surface area contributed by atoms with E-state index in [-0.39, 0.29) is 5.91 Å². The van der Waals surface area contributed by atoms with Gasteiger partial charge in [0.1, 0.15) is 0 Å². The van der Waals surface area contributed by atoms with Crippen LogP contribution >= 0.6 is 0 Å². The number of likely N-dealkylation sites (N-methyl/N-ethyl adjacent to an activating group) is 1. The minimum absolute atomic E-state index is 0.207. The van der Waals surface area contributed by atoms with Gasteiger partial charge in [-0.2, -0.15) is 0 Å². The van der Waals surface area contributed by atoms with Crippen LogP contribution in [0.5, 0.6) is 0 Å². The fraction of sp³-hybridized carbons (Fsp3) is 0.588. The molecule has 2 rings (SSSR count). The lowest BCUT2D eigenvalue weighted by atomic mass is 10.1. The molecule has 2 atom stereocenters. The van der Waals surface area contributed by atoms with E-state index in [2.05, 4.69) is 54.0 Å². The first kappa shape index (κ1) is 16.0. The first-order valence-corrected chi connectivity index (χ1v) is 7.93. The van der Waals surface area contributed by atoms with Crippen molar-refractivity contribution in [3.05, 3.63) is 35.9 Å². The standard InChI is InChI=1S/C17H27N3O/c1-3-19(12-10-17(18)21)16-9-11-20(13-16)14(2)15-7-5-4-6-8-15/h4-8,14,16H,3,9-13H2,1-2H3,(H2,18,21)/t14-,16-/m0/s1. The van der Waals surface area contributed by atoms with Gasteiger partial charge < -0.3 is 5.73 Å². The van der Waals surface area contributed by atoms with Crippen LogP contribution in [0.15, 0.2) is 30.3 Å². The third kappa shape index (κ3) is 4.29. The Kier molecular flexibility index (Phi) is 5.76. The second-order valence-electron chi connectivity index (χ2n) is 5.87. The summed E-state index contributed by atoms with van der Waals surface area (Å²) in [5, 5.41) is 0. The topological polar surface area (TPSA) is 49.6 Å². The molecule has 0 saturated carbocycles. The van der Waals surface area contributed by atoms with E-state index in [1.165, 1.54) is 12.0 Å². The molecule has 0 aromatic heterocycles. The number of nitrogens with two attached hydrogens (primary N) is 1. The van der Waals surface area contributed by atoms with E-state index in [1.807, 2.05) is 0 Å². The van der Waals surface area contributed by atoms with Gasteiger partial charge in [-0.25, -0.2) is 0 Å². The minimum Gasteiger partial charge on any atom is -0.370 e. The number of amides is 1. The van der Waals surface area contributed by atoms with Gasteiger partial charge in [0, 0.05) is 38.1 Å². The second kappa shape index (κ2) is 7.57. The van der Waals surface area contributed by atoms with Crippen LogP contribution in [-0.4, -0.2) is 47.9 Å². The molecule has 1 aromatic carbocycles. The zero-order valence-electron chi connectivity index (χ0n) is 13.2. The number of benzene rings is 1. The van der Waals surface area contributed by atoms with Gasteiger partial charge in [0.25, 0.3) is 0 Å². The number of primary amides is 1. The van der Waals surface area contributed by atoms with Crippen LogP contribution < -0.4 is 5.73 Å². The molecule has 0 bridgehead atoms. The van der Waals surface area contributed by atoms with Crippen LogP contribution in [0, 0.1) is 0 Å². The van der Waals surface area contributed by atoms with Gasteiger partial charge in [0.05, 0.1) is 0 Å². The Balaban J connectivity index is 1.91. The van der Waals surface area contributed by atoms with Crippen LogP contribution in [-0.2, 0) is 4.79 Å². The maximum Gasteiger partial charge on any atom is 0.218 e. The smallest absolute Gasteiger partial charge is 0.218 e. The molecule has 21 heavy (non-hydrogen) atoms. The fourth-order valence-electron chi connectivity index (χ4n) is 3.21. The summed E-state index contributed by atoms with van der Waals surface area (Å²) in [6.07, 6.45) is 1.63. The van der Waals surface area contributed by atoms with Crippen LogP contribution in [0.2, 0.25) is 0 Å². The van der Waals surface area contributed by atoms with Crippen molar-refractivity contribution in [1.82, 2.24) is 9.80 Å². The molecule has 2 N–H and O–H groups in total. The molecule has 0 aliphatic carbocycles. The van der Waals surface area contributed by atoms with E-state index in [4.69, 9.17) is 5.73 Å². The maximum absolute atomic E-state index is 11.0. The third-order valence-corrected chi connectivity index (χ3v) is 4.59. The molecule has 0 unspecified atom stereocenters. The van der Waals surface area contributed by atoms with Crippen LogP contribution in [0.4, 0.5) is 0 Å². The summed E-state index contributed by atoms with van der Waals surface area (Å²) in [5.74, 6) is -0.207. The summed E-state index contributed by atoms with van der Waals surface area (Å²) < 4.78 is 0. The summed E-state index contributed by atoms with van der Waals surface area (Å²) in [4.78, 5) is 15.9. The SMILES string of the molecule is CCN(CCC(N)=O)[C@H]1CCN([C@@H](C)c2ccccc2)C1. The number of hydrogen-bond acceptors (Lipinski definition) is 3. The Hall–Kier alpha value is -1.39. The van der Waals surface area contributed by atoms with Gasteiger partial charge in [-0.15, -0.1) is 0 Å². The number of carbonyl (C=O) groups excluding carboxylic acids is 1.